The molecule has 124 valence electrons. The summed E-state index contributed by atoms with van der Waals surface area (Å²) < 4.78 is 36.6. The second-order valence-corrected chi connectivity index (χ2v) is 6.48. The maximum absolute atomic E-state index is 12.0. The number of carbonyl (C=O) groups excluding carboxylic acids is 1. The van der Waals surface area contributed by atoms with Crippen molar-refractivity contribution in [3.05, 3.63) is 23.8 Å². The van der Waals surface area contributed by atoms with E-state index in [9.17, 15) is 13.2 Å². The summed E-state index contributed by atoms with van der Waals surface area (Å²) in [5.74, 6) is 0.645. The number of rotatable bonds is 8. The lowest BCUT2D eigenvalue weighted by molar-refractivity contribution is 0.0954. The second kappa shape index (κ2) is 7.97. The van der Waals surface area contributed by atoms with Crippen LogP contribution in [0.15, 0.2) is 18.2 Å². The molecule has 0 aliphatic heterocycles. The summed E-state index contributed by atoms with van der Waals surface area (Å²) in [6.07, 6.45) is 0. The number of ether oxygens (including phenoxy) is 2. The van der Waals surface area contributed by atoms with Crippen molar-refractivity contribution < 1.29 is 22.7 Å². The average molecular weight is 331 g/mol. The molecule has 0 aliphatic rings. The molecule has 0 atom stereocenters. The molecule has 22 heavy (non-hydrogen) atoms. The van der Waals surface area contributed by atoms with Gasteiger partial charge in [0.25, 0.3) is 16.1 Å². The van der Waals surface area contributed by atoms with Gasteiger partial charge in [-0.1, -0.05) is 0 Å². The summed E-state index contributed by atoms with van der Waals surface area (Å²) in [7, 11) is 2.35. The van der Waals surface area contributed by atoms with Crippen LogP contribution in [0.4, 0.5) is 0 Å². The van der Waals surface area contributed by atoms with E-state index in [4.69, 9.17) is 9.47 Å². The van der Waals surface area contributed by atoms with Crippen molar-refractivity contribution in [1.29, 1.82) is 0 Å². The highest BCUT2D eigenvalue weighted by Crippen LogP contribution is 2.27. The summed E-state index contributed by atoms with van der Waals surface area (Å²) in [5, 5.41) is 2.62. The quantitative estimate of drug-likeness (QED) is 0.645. The molecule has 0 aliphatic carbocycles. The van der Waals surface area contributed by atoms with Crippen molar-refractivity contribution in [3.8, 4) is 11.5 Å². The summed E-state index contributed by atoms with van der Waals surface area (Å²) in [6, 6.07) is 4.78. The van der Waals surface area contributed by atoms with Gasteiger partial charge in [0.05, 0.1) is 14.2 Å². The Morgan fingerprint density at radius 1 is 1.14 bits per heavy atom. The summed E-state index contributed by atoms with van der Waals surface area (Å²) in [4.78, 5) is 12.0. The Morgan fingerprint density at radius 3 is 2.32 bits per heavy atom. The zero-order valence-electron chi connectivity index (χ0n) is 13.0. The Bertz CT molecular complexity index is 616. The van der Waals surface area contributed by atoms with Crippen molar-refractivity contribution in [3.63, 3.8) is 0 Å². The van der Waals surface area contributed by atoms with Crippen molar-refractivity contribution in [2.45, 2.75) is 0 Å². The lowest BCUT2D eigenvalue weighted by atomic mass is 10.2. The first-order valence-electron chi connectivity index (χ1n) is 6.49. The number of methoxy groups -OCH3 is 2. The smallest absolute Gasteiger partial charge is 0.278 e. The van der Waals surface area contributed by atoms with Crippen LogP contribution in [0.5, 0.6) is 11.5 Å². The van der Waals surface area contributed by atoms with Crippen LogP contribution in [0, 0.1) is 0 Å². The molecule has 1 aromatic carbocycles. The topological polar surface area (TPSA) is 97.0 Å². The Kier molecular flexibility index (Phi) is 6.60. The van der Waals surface area contributed by atoms with Crippen molar-refractivity contribution in [1.82, 2.24) is 14.3 Å². The predicted octanol–water partition coefficient (Wildman–Crippen LogP) is -0.170. The molecule has 0 aromatic heterocycles. The van der Waals surface area contributed by atoms with E-state index in [1.165, 1.54) is 28.3 Å². The first kappa shape index (κ1) is 18.2. The fourth-order valence-corrected chi connectivity index (χ4v) is 2.18. The number of nitrogens with zero attached hydrogens (tertiary/aromatic N) is 1. The average Bonchev–Trinajstić information content (AvgIpc) is 2.50. The van der Waals surface area contributed by atoms with Gasteiger partial charge in [0.1, 0.15) is 0 Å². The Labute approximate surface area is 130 Å². The Balaban J connectivity index is 2.56. The van der Waals surface area contributed by atoms with E-state index in [0.29, 0.717) is 17.1 Å². The zero-order valence-corrected chi connectivity index (χ0v) is 13.9. The highest BCUT2D eigenvalue weighted by atomic mass is 32.2. The van der Waals surface area contributed by atoms with Gasteiger partial charge in [-0.05, 0) is 18.2 Å². The normalized spacial score (nSPS) is 11.3. The van der Waals surface area contributed by atoms with Gasteiger partial charge < -0.3 is 14.8 Å². The zero-order chi connectivity index (χ0) is 16.8. The largest absolute Gasteiger partial charge is 0.493 e. The van der Waals surface area contributed by atoms with Crippen molar-refractivity contribution in [2.24, 2.45) is 0 Å². The Morgan fingerprint density at radius 2 is 1.77 bits per heavy atom. The monoisotopic (exact) mass is 331 g/mol. The van der Waals surface area contributed by atoms with E-state index in [1.807, 2.05) is 0 Å². The van der Waals surface area contributed by atoms with E-state index < -0.39 is 10.2 Å². The van der Waals surface area contributed by atoms with Crippen molar-refractivity contribution in [2.75, 3.05) is 41.4 Å². The maximum Gasteiger partial charge on any atom is 0.278 e. The molecular formula is C13H21N3O5S. The van der Waals surface area contributed by atoms with Crippen LogP contribution < -0.4 is 19.5 Å². The maximum atomic E-state index is 12.0. The molecule has 0 spiro atoms. The first-order valence-corrected chi connectivity index (χ1v) is 7.93. The lowest BCUT2D eigenvalue weighted by Gasteiger charge is -2.13. The van der Waals surface area contributed by atoms with Gasteiger partial charge in [-0.15, -0.1) is 0 Å². The molecular weight excluding hydrogens is 310 g/mol. The van der Waals surface area contributed by atoms with Gasteiger partial charge in [-0.2, -0.15) is 12.7 Å². The van der Waals surface area contributed by atoms with E-state index in [1.54, 1.807) is 18.2 Å². The minimum Gasteiger partial charge on any atom is -0.493 e. The molecule has 0 heterocycles. The molecule has 9 heteroatoms. The third-order valence-electron chi connectivity index (χ3n) is 2.82. The molecule has 1 amide bonds. The molecule has 0 unspecified atom stereocenters. The van der Waals surface area contributed by atoms with E-state index in [0.717, 1.165) is 4.31 Å². The van der Waals surface area contributed by atoms with Gasteiger partial charge in [-0.25, -0.2) is 4.72 Å². The first-order chi connectivity index (χ1) is 10.3. The van der Waals surface area contributed by atoms with Crippen LogP contribution in [0.3, 0.4) is 0 Å². The minimum absolute atomic E-state index is 0.0968. The molecule has 0 saturated carbocycles. The van der Waals surface area contributed by atoms with E-state index >= 15 is 0 Å². The molecule has 1 aromatic rings. The molecule has 0 saturated heterocycles. The molecule has 1 rings (SSSR count). The summed E-state index contributed by atoms with van der Waals surface area (Å²) in [6.45, 7) is 0.264. The minimum atomic E-state index is -3.48. The van der Waals surface area contributed by atoms with Crippen molar-refractivity contribution >= 4 is 16.1 Å². The van der Waals surface area contributed by atoms with Gasteiger partial charge in [0.15, 0.2) is 11.5 Å². The van der Waals surface area contributed by atoms with E-state index in [2.05, 4.69) is 10.0 Å². The van der Waals surface area contributed by atoms with Gasteiger partial charge in [-0.3, -0.25) is 4.79 Å². The predicted molar refractivity (Wildman–Crippen MR) is 82.5 cm³/mol. The van der Waals surface area contributed by atoms with Crippen LogP contribution in [-0.2, 0) is 10.2 Å². The van der Waals surface area contributed by atoms with Crippen LogP contribution in [0.1, 0.15) is 10.4 Å². The summed E-state index contributed by atoms with van der Waals surface area (Å²) >= 11 is 0. The summed E-state index contributed by atoms with van der Waals surface area (Å²) in [5.41, 5.74) is 0.396. The number of hydrogen-bond acceptors (Lipinski definition) is 5. The highest BCUT2D eigenvalue weighted by molar-refractivity contribution is 7.87. The Hall–Kier alpha value is -1.84. The number of nitrogens with one attached hydrogen (secondary N) is 2. The van der Waals surface area contributed by atoms with Crippen LogP contribution in [0.2, 0.25) is 0 Å². The molecule has 0 fully saturated rings. The van der Waals surface area contributed by atoms with Gasteiger partial charge in [0.2, 0.25) is 0 Å². The van der Waals surface area contributed by atoms with Crippen LogP contribution in [0.25, 0.3) is 0 Å². The number of amides is 1. The number of carbonyl (C=O) groups is 1. The number of hydrogen-bond donors (Lipinski definition) is 2. The fraction of sp³-hybridized carbons (Fsp3) is 0.462. The van der Waals surface area contributed by atoms with Gasteiger partial charge >= 0.3 is 0 Å². The third-order valence-corrected chi connectivity index (χ3v) is 4.35. The highest BCUT2D eigenvalue weighted by Gasteiger charge is 2.13. The molecule has 0 bridgehead atoms. The molecule has 2 N–H and O–H groups in total. The second-order valence-electron chi connectivity index (χ2n) is 4.51. The van der Waals surface area contributed by atoms with Gasteiger partial charge in [0, 0.05) is 32.7 Å². The standard InChI is InChI=1S/C13H21N3O5S/c1-16(2)22(18,19)15-8-7-14-13(17)10-5-6-11(20-3)12(9-10)21-4/h5-6,9,15H,7-8H2,1-4H3,(H,14,17). The van der Waals surface area contributed by atoms with Crippen LogP contribution in [-0.4, -0.2) is 60.0 Å². The third kappa shape index (κ3) is 4.86. The fourth-order valence-electron chi connectivity index (χ4n) is 1.56. The van der Waals surface area contributed by atoms with E-state index in [-0.39, 0.29) is 19.0 Å². The number of benzene rings is 1. The SMILES string of the molecule is COc1ccc(C(=O)NCCNS(=O)(=O)N(C)C)cc1OC. The van der Waals surface area contributed by atoms with Crippen LogP contribution >= 0.6 is 0 Å². The lowest BCUT2D eigenvalue weighted by Crippen LogP contribution is -2.40. The molecule has 0 radical (unpaired) electrons. The molecule has 8 nitrogen and oxygen atoms in total.